The highest BCUT2D eigenvalue weighted by Gasteiger charge is 2.28. The number of carbonyl (C=O) groups excluding carboxylic acids is 2. The second-order valence-electron chi connectivity index (χ2n) is 7.68. The largest absolute Gasteiger partial charge is 0.346 e. The van der Waals surface area contributed by atoms with Crippen LogP contribution >= 0.6 is 0 Å². The molecule has 0 saturated heterocycles. The summed E-state index contributed by atoms with van der Waals surface area (Å²) in [7, 11) is 0. The Morgan fingerprint density at radius 1 is 1.07 bits per heavy atom. The van der Waals surface area contributed by atoms with E-state index in [0.29, 0.717) is 25.3 Å². The Balaban J connectivity index is 1.72. The Morgan fingerprint density at radius 3 is 2.48 bits per heavy atom. The molecule has 0 spiro atoms. The van der Waals surface area contributed by atoms with Crippen molar-refractivity contribution >= 4 is 22.5 Å². The topological polar surface area (TPSA) is 72.2 Å². The fraction of sp³-hybridized carbons (Fsp3) is 0.478. The van der Waals surface area contributed by atoms with E-state index in [-0.39, 0.29) is 17.6 Å². The molecule has 1 atom stereocenters. The number of fused-ring (bicyclic) bond motifs is 1. The van der Waals surface area contributed by atoms with Crippen molar-refractivity contribution in [2.75, 3.05) is 6.54 Å². The van der Waals surface area contributed by atoms with E-state index >= 15 is 0 Å². The van der Waals surface area contributed by atoms with Gasteiger partial charge in [0.1, 0.15) is 0 Å². The summed E-state index contributed by atoms with van der Waals surface area (Å²) in [5, 5.41) is 5.37. The molecule has 4 heteroatoms. The highest BCUT2D eigenvalue weighted by atomic mass is 16.2. The summed E-state index contributed by atoms with van der Waals surface area (Å²) in [5.41, 5.74) is 6.85. The van der Waals surface area contributed by atoms with Crippen LogP contribution in [0.2, 0.25) is 0 Å². The predicted octanol–water partition coefficient (Wildman–Crippen LogP) is 3.61. The van der Waals surface area contributed by atoms with Gasteiger partial charge < -0.3 is 11.1 Å². The number of carbonyl (C=O) groups is 2. The van der Waals surface area contributed by atoms with Crippen LogP contribution in [0.4, 0.5) is 0 Å². The van der Waals surface area contributed by atoms with Gasteiger partial charge in [0, 0.05) is 18.8 Å². The van der Waals surface area contributed by atoms with Crippen LogP contribution < -0.4 is 11.1 Å². The van der Waals surface area contributed by atoms with Crippen molar-refractivity contribution in [1.82, 2.24) is 5.32 Å². The molecule has 144 valence electrons. The minimum atomic E-state index is -0.458. The lowest BCUT2D eigenvalue weighted by Gasteiger charge is -2.28. The fourth-order valence-electron chi connectivity index (χ4n) is 4.13. The number of hydrogen-bond donors (Lipinski definition) is 2. The van der Waals surface area contributed by atoms with Gasteiger partial charge in [-0.25, -0.2) is 0 Å². The second kappa shape index (κ2) is 9.14. The zero-order chi connectivity index (χ0) is 19.2. The lowest BCUT2D eigenvalue weighted by Crippen LogP contribution is -2.45. The third-order valence-electron chi connectivity index (χ3n) is 5.91. The first-order valence-corrected chi connectivity index (χ1v) is 10.1. The van der Waals surface area contributed by atoms with Gasteiger partial charge in [0.05, 0.1) is 6.04 Å². The zero-order valence-corrected chi connectivity index (χ0v) is 16.1. The molecule has 0 heterocycles. The van der Waals surface area contributed by atoms with E-state index in [0.717, 1.165) is 42.0 Å². The maximum Gasteiger partial charge on any atom is 0.223 e. The number of amides is 1. The summed E-state index contributed by atoms with van der Waals surface area (Å²) in [5.74, 6) is 0.662. The van der Waals surface area contributed by atoms with Crippen molar-refractivity contribution in [3.63, 3.8) is 0 Å². The minimum absolute atomic E-state index is 0.00692. The van der Waals surface area contributed by atoms with E-state index in [1.54, 1.807) is 0 Å². The van der Waals surface area contributed by atoms with E-state index in [1.807, 2.05) is 25.1 Å². The second-order valence-corrected chi connectivity index (χ2v) is 7.68. The molecule has 0 bridgehead atoms. The van der Waals surface area contributed by atoms with Gasteiger partial charge in [-0.1, -0.05) is 49.4 Å². The molecule has 0 aromatic heterocycles. The molecular weight excluding hydrogens is 336 g/mol. The molecule has 1 aliphatic carbocycles. The van der Waals surface area contributed by atoms with Crippen LogP contribution in [-0.2, 0) is 16.0 Å². The standard InChI is InChI=1S/C23H30N2O2/c1-2-22(26)21(25-23(27)18-12-10-16(15-24)11-13-18)14-19-8-5-7-17-6-3-4-9-20(17)19/h3-9,16,18,21H,2,10-15,24H2,1H3,(H,25,27). The lowest BCUT2D eigenvalue weighted by atomic mass is 9.81. The normalized spacial score (nSPS) is 21.0. The number of benzene rings is 2. The molecule has 3 rings (SSSR count). The molecule has 1 aliphatic rings. The maximum atomic E-state index is 12.8. The Bertz CT molecular complexity index is 789. The van der Waals surface area contributed by atoms with E-state index < -0.39 is 6.04 Å². The number of nitrogens with one attached hydrogen (secondary N) is 1. The Morgan fingerprint density at radius 2 is 1.78 bits per heavy atom. The summed E-state index contributed by atoms with van der Waals surface area (Å²) in [4.78, 5) is 25.3. The maximum absolute atomic E-state index is 12.8. The van der Waals surface area contributed by atoms with Crippen molar-refractivity contribution in [2.24, 2.45) is 17.6 Å². The van der Waals surface area contributed by atoms with Crippen molar-refractivity contribution in [3.8, 4) is 0 Å². The number of rotatable bonds is 7. The van der Waals surface area contributed by atoms with Gasteiger partial charge in [-0.3, -0.25) is 9.59 Å². The van der Waals surface area contributed by atoms with Gasteiger partial charge in [0.2, 0.25) is 5.91 Å². The Hall–Kier alpha value is -2.20. The van der Waals surface area contributed by atoms with Gasteiger partial charge in [0.25, 0.3) is 0 Å². The summed E-state index contributed by atoms with van der Waals surface area (Å²) in [6.07, 6.45) is 4.71. The van der Waals surface area contributed by atoms with E-state index in [2.05, 4.69) is 29.6 Å². The van der Waals surface area contributed by atoms with Gasteiger partial charge in [0.15, 0.2) is 5.78 Å². The van der Waals surface area contributed by atoms with Crippen LogP contribution in [0.5, 0.6) is 0 Å². The number of nitrogens with two attached hydrogens (primary N) is 1. The molecule has 1 unspecified atom stereocenters. The SMILES string of the molecule is CCC(=O)C(Cc1cccc2ccccc12)NC(=O)C1CCC(CN)CC1. The molecule has 2 aromatic rings. The summed E-state index contributed by atoms with van der Waals surface area (Å²) in [6, 6.07) is 13.9. The molecular formula is C23H30N2O2. The molecule has 0 aliphatic heterocycles. The third kappa shape index (κ3) is 4.75. The molecule has 3 N–H and O–H groups in total. The number of hydrogen-bond acceptors (Lipinski definition) is 3. The van der Waals surface area contributed by atoms with Crippen molar-refractivity contribution < 1.29 is 9.59 Å². The highest BCUT2D eigenvalue weighted by molar-refractivity contribution is 5.91. The molecule has 1 saturated carbocycles. The van der Waals surface area contributed by atoms with Crippen LogP contribution in [0.1, 0.15) is 44.6 Å². The summed E-state index contributed by atoms with van der Waals surface area (Å²) >= 11 is 0. The van der Waals surface area contributed by atoms with Crippen LogP contribution in [0.15, 0.2) is 42.5 Å². The fourth-order valence-corrected chi connectivity index (χ4v) is 4.13. The zero-order valence-electron chi connectivity index (χ0n) is 16.1. The Kier molecular flexibility index (Phi) is 6.62. The molecule has 1 fully saturated rings. The molecule has 27 heavy (non-hydrogen) atoms. The van der Waals surface area contributed by atoms with Gasteiger partial charge in [-0.2, -0.15) is 0 Å². The summed E-state index contributed by atoms with van der Waals surface area (Å²) in [6.45, 7) is 2.56. The molecule has 1 amide bonds. The van der Waals surface area contributed by atoms with Crippen LogP contribution in [0, 0.1) is 11.8 Å². The number of ketones is 1. The van der Waals surface area contributed by atoms with E-state index in [1.165, 1.54) is 0 Å². The van der Waals surface area contributed by atoms with Crippen molar-refractivity contribution in [1.29, 1.82) is 0 Å². The molecule has 4 nitrogen and oxygen atoms in total. The average Bonchev–Trinajstić information content (AvgIpc) is 2.72. The monoisotopic (exact) mass is 366 g/mol. The molecule has 2 aromatic carbocycles. The van der Waals surface area contributed by atoms with Crippen LogP contribution in [-0.4, -0.2) is 24.3 Å². The van der Waals surface area contributed by atoms with Crippen LogP contribution in [0.25, 0.3) is 10.8 Å². The smallest absolute Gasteiger partial charge is 0.223 e. The first kappa shape index (κ1) is 19.6. The lowest BCUT2D eigenvalue weighted by molar-refractivity contribution is -0.131. The van der Waals surface area contributed by atoms with Crippen molar-refractivity contribution in [2.45, 2.75) is 51.5 Å². The molecule has 0 radical (unpaired) electrons. The minimum Gasteiger partial charge on any atom is -0.346 e. The van der Waals surface area contributed by atoms with Gasteiger partial charge in [-0.15, -0.1) is 0 Å². The average molecular weight is 367 g/mol. The first-order valence-electron chi connectivity index (χ1n) is 10.1. The van der Waals surface area contributed by atoms with Gasteiger partial charge in [-0.05, 0) is 54.5 Å². The summed E-state index contributed by atoms with van der Waals surface area (Å²) < 4.78 is 0. The first-order chi connectivity index (χ1) is 13.1. The van der Waals surface area contributed by atoms with Gasteiger partial charge >= 0.3 is 0 Å². The van der Waals surface area contributed by atoms with Crippen molar-refractivity contribution in [3.05, 3.63) is 48.0 Å². The highest BCUT2D eigenvalue weighted by Crippen LogP contribution is 2.28. The predicted molar refractivity (Wildman–Crippen MR) is 109 cm³/mol. The number of Topliss-reactive ketones (excluding diaryl/α,β-unsaturated/α-hetero) is 1. The Labute approximate surface area is 161 Å². The quantitative estimate of drug-likeness (QED) is 0.786. The van der Waals surface area contributed by atoms with Crippen LogP contribution in [0.3, 0.4) is 0 Å². The third-order valence-corrected chi connectivity index (χ3v) is 5.91. The van der Waals surface area contributed by atoms with E-state index in [4.69, 9.17) is 5.73 Å². The van der Waals surface area contributed by atoms with E-state index in [9.17, 15) is 9.59 Å².